The monoisotopic (exact) mass is 375 g/mol. The molecular formula is C18H21N3O4S. The summed E-state index contributed by atoms with van der Waals surface area (Å²) in [6, 6.07) is 13.0. The van der Waals surface area contributed by atoms with Crippen LogP contribution in [-0.2, 0) is 26.0 Å². The van der Waals surface area contributed by atoms with Crippen LogP contribution in [0.15, 0.2) is 53.4 Å². The van der Waals surface area contributed by atoms with E-state index in [1.807, 2.05) is 19.1 Å². The van der Waals surface area contributed by atoms with E-state index in [-0.39, 0.29) is 17.3 Å². The summed E-state index contributed by atoms with van der Waals surface area (Å²) in [5.74, 6) is -0.713. The second-order valence-electron chi connectivity index (χ2n) is 5.63. The molecule has 0 saturated heterocycles. The third kappa shape index (κ3) is 5.68. The summed E-state index contributed by atoms with van der Waals surface area (Å²) < 4.78 is 26.7. The molecule has 2 aromatic carbocycles. The van der Waals surface area contributed by atoms with Gasteiger partial charge in [-0.05, 0) is 48.4 Å². The van der Waals surface area contributed by atoms with E-state index in [0.717, 1.165) is 12.0 Å². The number of sulfonamides is 1. The van der Waals surface area contributed by atoms with Crippen LogP contribution in [0.25, 0.3) is 0 Å². The smallest absolute Gasteiger partial charge is 0.241 e. The van der Waals surface area contributed by atoms with Crippen molar-refractivity contribution in [1.29, 1.82) is 0 Å². The van der Waals surface area contributed by atoms with E-state index in [2.05, 4.69) is 15.4 Å². The molecule has 2 amide bonds. The number of benzene rings is 2. The molecule has 0 aromatic heterocycles. The first-order chi connectivity index (χ1) is 12.3. The summed E-state index contributed by atoms with van der Waals surface area (Å²) in [4.78, 5) is 22.9. The van der Waals surface area contributed by atoms with Crippen molar-refractivity contribution in [2.75, 3.05) is 17.2 Å². The Morgan fingerprint density at radius 3 is 1.96 bits per heavy atom. The van der Waals surface area contributed by atoms with Gasteiger partial charge in [-0.2, -0.15) is 0 Å². The molecule has 26 heavy (non-hydrogen) atoms. The third-order valence-electron chi connectivity index (χ3n) is 3.55. The molecule has 138 valence electrons. The summed E-state index contributed by atoms with van der Waals surface area (Å²) in [6.07, 6.45) is 0.898. The molecule has 0 aliphatic carbocycles. The second-order valence-corrected chi connectivity index (χ2v) is 7.40. The van der Waals surface area contributed by atoms with Crippen molar-refractivity contribution in [3.05, 3.63) is 54.1 Å². The van der Waals surface area contributed by atoms with Gasteiger partial charge in [-0.3, -0.25) is 9.59 Å². The number of hydrogen-bond donors (Lipinski definition) is 3. The Kier molecular flexibility index (Phi) is 6.48. The van der Waals surface area contributed by atoms with Crippen LogP contribution in [0.1, 0.15) is 19.4 Å². The fraction of sp³-hybridized carbons (Fsp3) is 0.222. The van der Waals surface area contributed by atoms with Crippen LogP contribution in [0.4, 0.5) is 11.4 Å². The number of nitrogens with one attached hydrogen (secondary N) is 3. The number of aryl methyl sites for hydroxylation is 1. The van der Waals surface area contributed by atoms with E-state index in [1.165, 1.54) is 31.2 Å². The fourth-order valence-electron chi connectivity index (χ4n) is 2.19. The van der Waals surface area contributed by atoms with Gasteiger partial charge in [0.25, 0.3) is 0 Å². The second kappa shape index (κ2) is 8.59. The summed E-state index contributed by atoms with van der Waals surface area (Å²) >= 11 is 0. The van der Waals surface area contributed by atoms with Crippen LogP contribution < -0.4 is 15.4 Å². The number of anilines is 2. The molecule has 7 nitrogen and oxygen atoms in total. The molecule has 2 aromatic rings. The molecule has 0 unspecified atom stereocenters. The average Bonchev–Trinajstić information content (AvgIpc) is 2.61. The molecule has 0 bridgehead atoms. The standard InChI is InChI=1S/C18H21N3O4S/c1-3-14-4-6-16(7-5-14)21-18(23)12-19-26(24,25)17-10-8-15(9-11-17)20-13(2)22/h4-11,19H,3,12H2,1-2H3,(H,20,22)(H,21,23). The molecule has 8 heteroatoms. The van der Waals surface area contributed by atoms with Crippen LogP contribution in [0.3, 0.4) is 0 Å². The van der Waals surface area contributed by atoms with E-state index < -0.39 is 15.9 Å². The lowest BCUT2D eigenvalue weighted by atomic mass is 10.1. The number of carbonyl (C=O) groups is 2. The minimum atomic E-state index is -3.83. The minimum absolute atomic E-state index is 0.00620. The highest BCUT2D eigenvalue weighted by Crippen LogP contribution is 2.14. The van der Waals surface area contributed by atoms with Gasteiger partial charge in [0.15, 0.2) is 0 Å². The summed E-state index contributed by atoms with van der Waals surface area (Å²) in [5, 5.41) is 5.19. The Labute approximate surface area is 152 Å². The van der Waals surface area contributed by atoms with Gasteiger partial charge in [0.05, 0.1) is 11.4 Å². The largest absolute Gasteiger partial charge is 0.326 e. The number of carbonyl (C=O) groups excluding carboxylic acids is 2. The van der Waals surface area contributed by atoms with E-state index in [1.54, 1.807) is 12.1 Å². The number of rotatable bonds is 7. The highest BCUT2D eigenvalue weighted by atomic mass is 32.2. The summed E-state index contributed by atoms with van der Waals surface area (Å²) in [5.41, 5.74) is 2.24. The van der Waals surface area contributed by atoms with E-state index in [9.17, 15) is 18.0 Å². The molecule has 0 heterocycles. The van der Waals surface area contributed by atoms with Crippen molar-refractivity contribution < 1.29 is 18.0 Å². The third-order valence-corrected chi connectivity index (χ3v) is 4.97. The zero-order valence-corrected chi connectivity index (χ0v) is 15.4. The highest BCUT2D eigenvalue weighted by molar-refractivity contribution is 7.89. The van der Waals surface area contributed by atoms with Crippen LogP contribution in [0, 0.1) is 0 Å². The quantitative estimate of drug-likeness (QED) is 0.689. The molecule has 0 fully saturated rings. The van der Waals surface area contributed by atoms with E-state index in [0.29, 0.717) is 11.4 Å². The Hall–Kier alpha value is -2.71. The zero-order chi connectivity index (χ0) is 19.2. The summed E-state index contributed by atoms with van der Waals surface area (Å²) in [6.45, 7) is 3.01. The van der Waals surface area contributed by atoms with Crippen molar-refractivity contribution in [2.24, 2.45) is 0 Å². The van der Waals surface area contributed by atoms with Crippen LogP contribution in [0.2, 0.25) is 0 Å². The predicted octanol–water partition coefficient (Wildman–Crippen LogP) is 2.12. The molecule has 0 aliphatic heterocycles. The normalized spacial score (nSPS) is 11.0. The van der Waals surface area contributed by atoms with Crippen LogP contribution in [0.5, 0.6) is 0 Å². The first-order valence-electron chi connectivity index (χ1n) is 8.06. The van der Waals surface area contributed by atoms with Gasteiger partial charge in [-0.15, -0.1) is 0 Å². The van der Waals surface area contributed by atoms with E-state index >= 15 is 0 Å². The molecule has 0 atom stereocenters. The Bertz CT molecular complexity index is 876. The first-order valence-corrected chi connectivity index (χ1v) is 9.54. The SMILES string of the molecule is CCc1ccc(NC(=O)CNS(=O)(=O)c2ccc(NC(C)=O)cc2)cc1. The number of hydrogen-bond acceptors (Lipinski definition) is 4. The van der Waals surface area contributed by atoms with Gasteiger partial charge in [0, 0.05) is 18.3 Å². The van der Waals surface area contributed by atoms with Gasteiger partial charge < -0.3 is 10.6 Å². The van der Waals surface area contributed by atoms with Crippen molar-refractivity contribution in [3.8, 4) is 0 Å². The maximum Gasteiger partial charge on any atom is 0.241 e. The Morgan fingerprint density at radius 1 is 0.885 bits per heavy atom. The first kappa shape index (κ1) is 19.6. The van der Waals surface area contributed by atoms with Crippen LogP contribution in [-0.4, -0.2) is 26.8 Å². The Balaban J connectivity index is 1.93. The lowest BCUT2D eigenvalue weighted by Gasteiger charge is -2.09. The van der Waals surface area contributed by atoms with E-state index in [4.69, 9.17) is 0 Å². The molecule has 2 rings (SSSR count). The van der Waals surface area contributed by atoms with Gasteiger partial charge >= 0.3 is 0 Å². The highest BCUT2D eigenvalue weighted by Gasteiger charge is 2.15. The molecule has 3 N–H and O–H groups in total. The maximum atomic E-state index is 12.2. The predicted molar refractivity (Wildman–Crippen MR) is 100 cm³/mol. The molecule has 0 aliphatic rings. The van der Waals surface area contributed by atoms with Crippen LogP contribution >= 0.6 is 0 Å². The fourth-order valence-corrected chi connectivity index (χ4v) is 3.18. The molecule has 0 radical (unpaired) electrons. The maximum absolute atomic E-state index is 12.2. The number of amides is 2. The summed E-state index contributed by atoms with van der Waals surface area (Å²) in [7, 11) is -3.83. The zero-order valence-electron chi connectivity index (χ0n) is 14.6. The molecule has 0 spiro atoms. The van der Waals surface area contributed by atoms with Crippen molar-refractivity contribution in [2.45, 2.75) is 25.2 Å². The topological polar surface area (TPSA) is 104 Å². The van der Waals surface area contributed by atoms with Gasteiger partial charge in [0.2, 0.25) is 21.8 Å². The lowest BCUT2D eigenvalue weighted by Crippen LogP contribution is -2.32. The molecule has 0 saturated carbocycles. The van der Waals surface area contributed by atoms with Gasteiger partial charge in [-0.25, -0.2) is 13.1 Å². The average molecular weight is 375 g/mol. The van der Waals surface area contributed by atoms with Crippen molar-refractivity contribution in [1.82, 2.24) is 4.72 Å². The van der Waals surface area contributed by atoms with Crippen molar-refractivity contribution >= 4 is 33.2 Å². The van der Waals surface area contributed by atoms with Gasteiger partial charge in [-0.1, -0.05) is 19.1 Å². The van der Waals surface area contributed by atoms with Crippen molar-refractivity contribution in [3.63, 3.8) is 0 Å². The minimum Gasteiger partial charge on any atom is -0.326 e. The lowest BCUT2D eigenvalue weighted by molar-refractivity contribution is -0.115. The molecular weight excluding hydrogens is 354 g/mol. The Morgan fingerprint density at radius 2 is 1.42 bits per heavy atom. The van der Waals surface area contributed by atoms with Gasteiger partial charge in [0.1, 0.15) is 0 Å².